The van der Waals surface area contributed by atoms with E-state index < -0.39 is 29.8 Å². The van der Waals surface area contributed by atoms with Crippen molar-refractivity contribution in [1.82, 2.24) is 14.9 Å². The van der Waals surface area contributed by atoms with E-state index in [9.17, 15) is 15.1 Å². The fraction of sp³-hybridized carbons (Fsp3) is 0.600. The summed E-state index contributed by atoms with van der Waals surface area (Å²) in [6.07, 6.45) is 0.646. The number of nitrogen functional groups attached to an aromatic ring is 1. The van der Waals surface area contributed by atoms with Gasteiger partial charge in [0.1, 0.15) is 18.5 Å². The molecule has 13 nitrogen and oxygen atoms in total. The number of oxime groups is 1. The summed E-state index contributed by atoms with van der Waals surface area (Å²) in [6, 6.07) is 1.04. The van der Waals surface area contributed by atoms with Crippen LogP contribution in [0.25, 0.3) is 0 Å². The number of aliphatic hydroxyl groups excluding tert-OH is 1. The van der Waals surface area contributed by atoms with Gasteiger partial charge in [0, 0.05) is 19.2 Å². The van der Waals surface area contributed by atoms with Gasteiger partial charge in [0.2, 0.25) is 5.90 Å². The van der Waals surface area contributed by atoms with Crippen molar-refractivity contribution in [2.45, 2.75) is 43.4 Å². The van der Waals surface area contributed by atoms with Crippen LogP contribution in [0, 0.1) is 0 Å². The van der Waals surface area contributed by atoms with Crippen LogP contribution in [-0.2, 0) is 9.47 Å². The number of nitrogens with zero attached hydrogens (tertiary/aromatic N) is 4. The van der Waals surface area contributed by atoms with E-state index in [4.69, 9.17) is 26.7 Å². The molecule has 154 valence electrons. The maximum atomic E-state index is 12.0. The third-order valence-electron chi connectivity index (χ3n) is 4.56. The van der Waals surface area contributed by atoms with Crippen LogP contribution < -0.4 is 28.2 Å². The lowest BCUT2D eigenvalue weighted by molar-refractivity contribution is -0.194. The molecule has 28 heavy (non-hydrogen) atoms. The van der Waals surface area contributed by atoms with Gasteiger partial charge in [-0.15, -0.1) is 0 Å². The normalized spacial score (nSPS) is 31.0. The van der Waals surface area contributed by atoms with Crippen molar-refractivity contribution in [3.63, 3.8) is 0 Å². The molecule has 0 bridgehead atoms. The molecule has 4 atom stereocenters. The molecule has 1 spiro atoms. The molecule has 0 aromatic carbocycles. The number of hydrogen-bond donors (Lipinski definition) is 6. The van der Waals surface area contributed by atoms with E-state index in [0.29, 0.717) is 19.4 Å². The average Bonchev–Trinajstić information content (AvgIpc) is 2.97. The summed E-state index contributed by atoms with van der Waals surface area (Å²) in [7, 11) is 0. The Labute approximate surface area is 159 Å². The van der Waals surface area contributed by atoms with Crippen molar-refractivity contribution in [2.24, 2.45) is 21.6 Å². The molecule has 0 saturated carbocycles. The summed E-state index contributed by atoms with van der Waals surface area (Å²) < 4.78 is 12.6. The van der Waals surface area contributed by atoms with Crippen LogP contribution >= 0.6 is 0 Å². The van der Waals surface area contributed by atoms with E-state index in [0.717, 1.165) is 4.57 Å². The zero-order valence-electron chi connectivity index (χ0n) is 15.1. The first-order valence-electron chi connectivity index (χ1n) is 8.72. The highest BCUT2D eigenvalue weighted by Crippen LogP contribution is 2.34. The Hall–Kier alpha value is -2.90. The second-order valence-corrected chi connectivity index (χ2v) is 6.70. The summed E-state index contributed by atoms with van der Waals surface area (Å²) in [5.74, 6) is 0.173. The summed E-state index contributed by atoms with van der Waals surface area (Å²) >= 11 is 0. The Balaban J connectivity index is 1.66. The number of guanidine groups is 1. The number of ether oxygens (including phenoxy) is 2. The fourth-order valence-electron chi connectivity index (χ4n) is 3.35. The van der Waals surface area contributed by atoms with Crippen LogP contribution in [0.3, 0.4) is 0 Å². The number of anilines is 1. The first-order valence-corrected chi connectivity index (χ1v) is 8.72. The van der Waals surface area contributed by atoms with Crippen LogP contribution in [0.1, 0.15) is 25.5 Å². The van der Waals surface area contributed by atoms with Gasteiger partial charge in [0.05, 0.1) is 6.04 Å². The Bertz CT molecular complexity index is 823. The largest absolute Gasteiger partial charge is 0.453 e. The minimum atomic E-state index is -1.08. The van der Waals surface area contributed by atoms with Crippen molar-refractivity contribution < 1.29 is 19.8 Å². The predicted octanol–water partition coefficient (Wildman–Crippen LogP) is -2.37. The van der Waals surface area contributed by atoms with E-state index in [1.807, 2.05) is 0 Å². The third kappa shape index (κ3) is 4.16. The number of hydrogen-bond acceptors (Lipinski definition) is 10. The van der Waals surface area contributed by atoms with Crippen molar-refractivity contribution in [2.75, 3.05) is 18.9 Å². The molecular formula is C15H24N8O5. The van der Waals surface area contributed by atoms with Crippen molar-refractivity contribution >= 4 is 17.7 Å². The molecule has 2 aliphatic heterocycles. The molecule has 1 aromatic rings. The monoisotopic (exact) mass is 396 g/mol. The van der Waals surface area contributed by atoms with E-state index >= 15 is 0 Å². The Kier molecular flexibility index (Phi) is 5.67. The van der Waals surface area contributed by atoms with Gasteiger partial charge in [-0.25, -0.2) is 4.79 Å². The van der Waals surface area contributed by atoms with E-state index in [1.54, 1.807) is 0 Å². The van der Waals surface area contributed by atoms with Gasteiger partial charge >= 0.3 is 5.69 Å². The van der Waals surface area contributed by atoms with Crippen LogP contribution in [0.15, 0.2) is 27.2 Å². The number of aliphatic hydroxyl groups is 1. The highest BCUT2D eigenvalue weighted by atomic mass is 16.6. The predicted molar refractivity (Wildman–Crippen MR) is 98.4 cm³/mol. The molecule has 2 aliphatic rings. The van der Waals surface area contributed by atoms with Crippen LogP contribution in [0.5, 0.6) is 0 Å². The summed E-state index contributed by atoms with van der Waals surface area (Å²) in [4.78, 5) is 19.5. The van der Waals surface area contributed by atoms with Crippen molar-refractivity contribution in [3.8, 4) is 0 Å². The van der Waals surface area contributed by atoms with Crippen LogP contribution in [0.4, 0.5) is 5.82 Å². The van der Waals surface area contributed by atoms with Crippen molar-refractivity contribution in [3.05, 3.63) is 22.7 Å². The number of rotatable bonds is 5. The van der Waals surface area contributed by atoms with Gasteiger partial charge in [-0.3, -0.25) is 14.9 Å². The topological polar surface area (TPSA) is 209 Å². The molecule has 1 aromatic heterocycles. The molecule has 3 rings (SSSR count). The van der Waals surface area contributed by atoms with Gasteiger partial charge in [0.15, 0.2) is 17.9 Å². The van der Waals surface area contributed by atoms with E-state index in [1.165, 1.54) is 12.3 Å². The number of aliphatic imine (C=N–C) groups is 1. The second-order valence-electron chi connectivity index (χ2n) is 6.70. The first-order chi connectivity index (χ1) is 13.3. The molecule has 0 amide bonds. The average molecular weight is 396 g/mol. The standard InChI is InChI=1S/C15H24N8O5/c16-10-3-5-23(14(25)20-10)12-9(24)6-15(7-27-12)21-8(11(22-26)28-15)2-1-4-19-13(17)18/h3,5,8-9,12,21,24,26H,1-2,4,6-7H2,(H2,16,20,25)(H4,17,18,19)/t8-,9-,12-,15+/m1/s1. The molecule has 0 aliphatic carbocycles. The third-order valence-corrected chi connectivity index (χ3v) is 4.56. The summed E-state index contributed by atoms with van der Waals surface area (Å²) in [6.45, 7) is 0.426. The molecular weight excluding hydrogens is 372 g/mol. The minimum Gasteiger partial charge on any atom is -0.453 e. The van der Waals surface area contributed by atoms with Gasteiger partial charge in [-0.1, -0.05) is 5.16 Å². The lowest BCUT2D eigenvalue weighted by Gasteiger charge is -2.39. The number of nitrogens with one attached hydrogen (secondary N) is 1. The zero-order valence-corrected chi connectivity index (χ0v) is 15.1. The molecule has 9 N–H and O–H groups in total. The second kappa shape index (κ2) is 8.00. The van der Waals surface area contributed by atoms with E-state index in [-0.39, 0.29) is 30.7 Å². The van der Waals surface area contributed by atoms with Gasteiger partial charge in [0.25, 0.3) is 0 Å². The lowest BCUT2D eigenvalue weighted by Crippen LogP contribution is -2.56. The number of nitrogens with two attached hydrogens (primary N) is 3. The summed E-state index contributed by atoms with van der Waals surface area (Å²) in [5, 5.41) is 26.2. The van der Waals surface area contributed by atoms with Crippen molar-refractivity contribution in [1.29, 1.82) is 0 Å². The number of aromatic nitrogens is 2. The van der Waals surface area contributed by atoms with Gasteiger partial charge in [-0.05, 0) is 18.9 Å². The molecule has 3 heterocycles. The molecule has 13 heteroatoms. The minimum absolute atomic E-state index is 0.00500. The molecule has 0 unspecified atom stereocenters. The highest BCUT2D eigenvalue weighted by molar-refractivity contribution is 5.83. The van der Waals surface area contributed by atoms with Gasteiger partial charge in [-0.2, -0.15) is 4.98 Å². The SMILES string of the molecule is NC(N)=NCCC[C@H]1N[C@]2(CO[C@@H](n3ccc(N)nc3=O)[C@H](O)C2)OC1=NO. The fourth-order valence-corrected chi connectivity index (χ4v) is 3.35. The highest BCUT2D eigenvalue weighted by Gasteiger charge is 2.51. The summed E-state index contributed by atoms with van der Waals surface area (Å²) in [5.41, 5.74) is 14.4. The molecule has 2 saturated heterocycles. The lowest BCUT2D eigenvalue weighted by atomic mass is 10.0. The smallest absolute Gasteiger partial charge is 0.351 e. The van der Waals surface area contributed by atoms with Crippen LogP contribution in [-0.4, -0.2) is 62.7 Å². The van der Waals surface area contributed by atoms with E-state index in [2.05, 4.69) is 20.4 Å². The maximum Gasteiger partial charge on any atom is 0.351 e. The first kappa shape index (κ1) is 19.9. The maximum absolute atomic E-state index is 12.0. The Morgan fingerprint density at radius 3 is 2.93 bits per heavy atom. The zero-order chi connectivity index (χ0) is 20.3. The van der Waals surface area contributed by atoms with Crippen LogP contribution in [0.2, 0.25) is 0 Å². The Morgan fingerprint density at radius 2 is 2.29 bits per heavy atom. The quantitative estimate of drug-likeness (QED) is 0.102. The molecule has 2 fully saturated rings. The Morgan fingerprint density at radius 1 is 1.50 bits per heavy atom. The molecule has 0 radical (unpaired) electrons. The van der Waals surface area contributed by atoms with Gasteiger partial charge < -0.3 is 37.0 Å².